The van der Waals surface area contributed by atoms with Gasteiger partial charge in [0.1, 0.15) is 11.6 Å². The van der Waals surface area contributed by atoms with Crippen molar-refractivity contribution in [3.63, 3.8) is 0 Å². The summed E-state index contributed by atoms with van der Waals surface area (Å²) >= 11 is 0. The maximum atomic E-state index is 13.0. The fourth-order valence-corrected chi connectivity index (χ4v) is 3.36. The second-order valence-electron chi connectivity index (χ2n) is 7.35. The number of morpholine rings is 1. The van der Waals surface area contributed by atoms with Gasteiger partial charge < -0.3 is 15.0 Å². The highest BCUT2D eigenvalue weighted by atomic mass is 16.5. The second kappa shape index (κ2) is 9.05. The number of pyridine rings is 1. The lowest BCUT2D eigenvalue weighted by Crippen LogP contribution is -2.38. The van der Waals surface area contributed by atoms with Crippen LogP contribution in [0.25, 0.3) is 0 Å². The van der Waals surface area contributed by atoms with Crippen molar-refractivity contribution >= 4 is 23.5 Å². The van der Waals surface area contributed by atoms with E-state index >= 15 is 0 Å². The number of nitrogens with one attached hydrogen (secondary N) is 1. The highest BCUT2D eigenvalue weighted by Gasteiger charge is 2.24. The van der Waals surface area contributed by atoms with Gasteiger partial charge in [0.2, 0.25) is 5.91 Å². The number of aryl methyl sites for hydroxylation is 2. The Balaban J connectivity index is 1.90. The molecule has 1 aliphatic rings. The molecule has 2 aromatic rings. The predicted molar refractivity (Wildman–Crippen MR) is 113 cm³/mol. The van der Waals surface area contributed by atoms with Gasteiger partial charge in [0, 0.05) is 33.6 Å². The molecule has 1 aliphatic heterocycles. The first kappa shape index (κ1) is 20.8. The number of nitrogens with zero attached hydrogens (tertiary/aromatic N) is 3. The number of carbonyl (C=O) groups is 2. The van der Waals surface area contributed by atoms with Crippen molar-refractivity contribution in [2.45, 2.75) is 27.3 Å². The third-order valence-electron chi connectivity index (χ3n) is 5.07. The standard InChI is InChI=1S/C22H28N4O3/c1-15-6-5-7-18(12-15)14-23-22(28)20-16(2)13-19(26-8-10-29-11-9-26)24-21(20)25(4)17(3)27/h5-7,12-13H,8-11,14H2,1-4H3,(H,23,28). The smallest absolute Gasteiger partial charge is 0.255 e. The van der Waals surface area contributed by atoms with Crippen LogP contribution in [0.3, 0.4) is 0 Å². The topological polar surface area (TPSA) is 74.8 Å². The number of ether oxygens (including phenoxy) is 1. The molecular weight excluding hydrogens is 368 g/mol. The number of aromatic nitrogens is 1. The summed E-state index contributed by atoms with van der Waals surface area (Å²) in [6, 6.07) is 9.90. The lowest BCUT2D eigenvalue weighted by Gasteiger charge is -2.30. The lowest BCUT2D eigenvalue weighted by molar-refractivity contribution is -0.116. The number of anilines is 2. The van der Waals surface area contributed by atoms with Crippen molar-refractivity contribution < 1.29 is 14.3 Å². The zero-order chi connectivity index (χ0) is 21.0. The minimum atomic E-state index is -0.242. The van der Waals surface area contributed by atoms with Gasteiger partial charge in [0.15, 0.2) is 0 Å². The maximum absolute atomic E-state index is 13.0. The lowest BCUT2D eigenvalue weighted by atomic mass is 10.1. The Morgan fingerprint density at radius 1 is 1.21 bits per heavy atom. The molecule has 1 N–H and O–H groups in total. The largest absolute Gasteiger partial charge is 0.378 e. The third-order valence-corrected chi connectivity index (χ3v) is 5.07. The molecule has 1 fully saturated rings. The van der Waals surface area contributed by atoms with E-state index in [4.69, 9.17) is 4.74 Å². The number of hydrogen-bond acceptors (Lipinski definition) is 5. The van der Waals surface area contributed by atoms with Gasteiger partial charge in [-0.05, 0) is 31.0 Å². The van der Waals surface area contributed by atoms with Crippen LogP contribution < -0.4 is 15.1 Å². The molecule has 7 nitrogen and oxygen atoms in total. The van der Waals surface area contributed by atoms with E-state index in [-0.39, 0.29) is 11.8 Å². The summed E-state index contributed by atoms with van der Waals surface area (Å²) in [6.45, 7) is 8.51. The van der Waals surface area contributed by atoms with Crippen molar-refractivity contribution in [3.05, 3.63) is 52.6 Å². The summed E-state index contributed by atoms with van der Waals surface area (Å²) in [5, 5.41) is 2.97. The van der Waals surface area contributed by atoms with Crippen LogP contribution >= 0.6 is 0 Å². The first-order valence-electron chi connectivity index (χ1n) is 9.79. The quantitative estimate of drug-likeness (QED) is 0.840. The molecule has 2 amide bonds. The summed E-state index contributed by atoms with van der Waals surface area (Å²) in [5.74, 6) is 0.710. The predicted octanol–water partition coefficient (Wildman–Crippen LogP) is 2.45. The van der Waals surface area contributed by atoms with Crippen molar-refractivity contribution in [1.82, 2.24) is 10.3 Å². The highest BCUT2D eigenvalue weighted by molar-refractivity contribution is 6.04. The average molecular weight is 396 g/mol. The molecule has 0 bridgehead atoms. The van der Waals surface area contributed by atoms with Crippen molar-refractivity contribution in [3.8, 4) is 0 Å². The van der Waals surface area contributed by atoms with Crippen molar-refractivity contribution in [2.75, 3.05) is 43.2 Å². The Bertz CT molecular complexity index is 907. The van der Waals surface area contributed by atoms with Gasteiger partial charge in [-0.3, -0.25) is 14.5 Å². The maximum Gasteiger partial charge on any atom is 0.255 e. The van der Waals surface area contributed by atoms with Crippen LogP contribution in [0, 0.1) is 13.8 Å². The molecule has 29 heavy (non-hydrogen) atoms. The summed E-state index contributed by atoms with van der Waals surface area (Å²) in [4.78, 5) is 33.3. The average Bonchev–Trinajstić information content (AvgIpc) is 2.71. The Kier molecular flexibility index (Phi) is 6.49. The Morgan fingerprint density at radius 2 is 1.93 bits per heavy atom. The number of carbonyl (C=O) groups excluding carboxylic acids is 2. The first-order valence-corrected chi connectivity index (χ1v) is 9.79. The van der Waals surface area contributed by atoms with Gasteiger partial charge >= 0.3 is 0 Å². The monoisotopic (exact) mass is 396 g/mol. The molecule has 1 saturated heterocycles. The zero-order valence-electron chi connectivity index (χ0n) is 17.5. The fraction of sp³-hybridized carbons (Fsp3) is 0.409. The van der Waals surface area contributed by atoms with Crippen molar-refractivity contribution in [2.24, 2.45) is 0 Å². The molecule has 0 atom stereocenters. The molecule has 1 aromatic carbocycles. The molecule has 0 saturated carbocycles. The zero-order valence-corrected chi connectivity index (χ0v) is 17.5. The number of rotatable bonds is 5. The van der Waals surface area contributed by atoms with Gasteiger partial charge in [0.25, 0.3) is 5.91 Å². The van der Waals surface area contributed by atoms with Crippen LogP contribution in [0.4, 0.5) is 11.6 Å². The van der Waals surface area contributed by atoms with Gasteiger partial charge in [-0.15, -0.1) is 0 Å². The van der Waals surface area contributed by atoms with Crippen molar-refractivity contribution in [1.29, 1.82) is 0 Å². The van der Waals surface area contributed by atoms with Gasteiger partial charge in [0.05, 0.1) is 18.8 Å². The summed E-state index contributed by atoms with van der Waals surface area (Å²) in [7, 11) is 1.64. The molecule has 0 aliphatic carbocycles. The number of amides is 2. The second-order valence-corrected chi connectivity index (χ2v) is 7.35. The SMILES string of the molecule is CC(=O)N(C)c1nc(N2CCOCC2)cc(C)c1C(=O)NCc1cccc(C)c1. The molecule has 154 valence electrons. The van der Waals surface area contributed by atoms with Crippen LogP contribution in [0.1, 0.15) is 34.0 Å². The Morgan fingerprint density at radius 3 is 2.59 bits per heavy atom. The molecule has 2 heterocycles. The first-order chi connectivity index (χ1) is 13.9. The number of hydrogen-bond donors (Lipinski definition) is 1. The van der Waals surface area contributed by atoms with Gasteiger partial charge in [-0.1, -0.05) is 29.8 Å². The third kappa shape index (κ3) is 4.92. The molecule has 7 heteroatoms. The summed E-state index contributed by atoms with van der Waals surface area (Å²) in [5.41, 5.74) is 3.37. The van der Waals surface area contributed by atoms with Gasteiger partial charge in [-0.25, -0.2) is 4.98 Å². The Hall–Kier alpha value is -2.93. The van der Waals surface area contributed by atoms with Gasteiger partial charge in [-0.2, -0.15) is 0 Å². The van der Waals surface area contributed by atoms with E-state index in [9.17, 15) is 9.59 Å². The van der Waals surface area contributed by atoms with Crippen LogP contribution in [0.15, 0.2) is 30.3 Å². The normalized spacial score (nSPS) is 13.9. The van der Waals surface area contributed by atoms with E-state index in [2.05, 4.69) is 15.2 Å². The van der Waals surface area contributed by atoms with E-state index in [0.29, 0.717) is 31.1 Å². The summed E-state index contributed by atoms with van der Waals surface area (Å²) in [6.07, 6.45) is 0. The Labute approximate surface area is 171 Å². The summed E-state index contributed by atoms with van der Waals surface area (Å²) < 4.78 is 5.41. The van der Waals surface area contributed by atoms with Crippen LogP contribution in [0.5, 0.6) is 0 Å². The van der Waals surface area contributed by atoms with E-state index < -0.39 is 0 Å². The molecule has 1 aromatic heterocycles. The van der Waals surface area contributed by atoms with Crippen LogP contribution in [-0.2, 0) is 16.1 Å². The highest BCUT2D eigenvalue weighted by Crippen LogP contribution is 2.27. The van der Waals surface area contributed by atoms with Crippen LogP contribution in [0.2, 0.25) is 0 Å². The molecule has 3 rings (SSSR count). The molecule has 0 radical (unpaired) electrons. The fourth-order valence-electron chi connectivity index (χ4n) is 3.36. The van der Waals surface area contributed by atoms with E-state index in [1.807, 2.05) is 44.2 Å². The molecule has 0 unspecified atom stereocenters. The van der Waals surface area contributed by atoms with E-state index in [1.54, 1.807) is 7.05 Å². The van der Waals surface area contributed by atoms with Crippen LogP contribution in [-0.4, -0.2) is 50.1 Å². The van der Waals surface area contributed by atoms with E-state index in [0.717, 1.165) is 35.6 Å². The molecule has 0 spiro atoms. The molecular formula is C22H28N4O3. The number of benzene rings is 1. The minimum Gasteiger partial charge on any atom is -0.378 e. The van der Waals surface area contributed by atoms with E-state index in [1.165, 1.54) is 11.8 Å². The minimum absolute atomic E-state index is 0.177.